The molecule has 0 saturated heterocycles. The minimum atomic E-state index is -0.677. The Hall–Kier alpha value is -0.780. The van der Waals surface area contributed by atoms with Crippen molar-refractivity contribution in [3.63, 3.8) is 0 Å². The Morgan fingerprint density at radius 3 is 2.53 bits per heavy atom. The molecule has 0 aliphatic carbocycles. The first-order valence-electron chi connectivity index (χ1n) is 5.86. The van der Waals surface area contributed by atoms with E-state index in [-0.39, 0.29) is 0 Å². The first kappa shape index (κ1) is 14.6. The number of methoxy groups -OCH3 is 1. The summed E-state index contributed by atoms with van der Waals surface area (Å²) in [6.07, 6.45) is -0.166. The first-order chi connectivity index (χ1) is 9.11. The zero-order valence-electron chi connectivity index (χ0n) is 10.4. The zero-order valence-corrected chi connectivity index (χ0v) is 13.4. The molecule has 1 unspecified atom stereocenters. The fourth-order valence-corrected chi connectivity index (χ4v) is 2.62. The number of ether oxygens (including phenoxy) is 1. The van der Waals surface area contributed by atoms with Crippen LogP contribution in [0.15, 0.2) is 42.5 Å². The minimum Gasteiger partial charge on any atom is -0.496 e. The molecule has 0 radical (unpaired) electrons. The molecule has 1 atom stereocenters. The van der Waals surface area contributed by atoms with E-state index in [4.69, 9.17) is 16.3 Å². The summed E-state index contributed by atoms with van der Waals surface area (Å²) in [6.45, 7) is 0. The maximum Gasteiger partial charge on any atom is 0.126 e. The number of aliphatic hydroxyl groups is 1. The fourth-order valence-electron chi connectivity index (χ4n) is 1.96. The highest BCUT2D eigenvalue weighted by molar-refractivity contribution is 14.1. The summed E-state index contributed by atoms with van der Waals surface area (Å²) in [5.74, 6) is 0.616. The van der Waals surface area contributed by atoms with E-state index in [0.29, 0.717) is 22.8 Å². The normalized spacial score (nSPS) is 12.2. The van der Waals surface area contributed by atoms with E-state index in [9.17, 15) is 5.11 Å². The molecule has 0 fully saturated rings. The second-order valence-corrected chi connectivity index (χ2v) is 5.85. The van der Waals surface area contributed by atoms with E-state index >= 15 is 0 Å². The van der Waals surface area contributed by atoms with Gasteiger partial charge in [-0.25, -0.2) is 0 Å². The van der Waals surface area contributed by atoms with E-state index in [1.807, 2.05) is 30.3 Å². The van der Waals surface area contributed by atoms with Gasteiger partial charge < -0.3 is 9.84 Å². The van der Waals surface area contributed by atoms with Crippen molar-refractivity contribution in [2.45, 2.75) is 12.5 Å². The van der Waals surface area contributed by atoms with Crippen LogP contribution in [0.4, 0.5) is 0 Å². The molecule has 2 aromatic carbocycles. The van der Waals surface area contributed by atoms with Crippen LogP contribution in [0.2, 0.25) is 5.02 Å². The largest absolute Gasteiger partial charge is 0.496 e. The van der Waals surface area contributed by atoms with Gasteiger partial charge in [0, 0.05) is 15.6 Å². The standard InChI is InChI=1S/C15H14ClIO2/c1-19-14-4-2-3-12(16)15(14)13(18)9-10-5-7-11(17)8-6-10/h2-8,13,18H,9H2,1H3. The van der Waals surface area contributed by atoms with Gasteiger partial charge in [-0.05, 0) is 52.4 Å². The lowest BCUT2D eigenvalue weighted by Crippen LogP contribution is -2.05. The van der Waals surface area contributed by atoms with Gasteiger partial charge in [-0.1, -0.05) is 29.8 Å². The monoisotopic (exact) mass is 388 g/mol. The highest BCUT2D eigenvalue weighted by Crippen LogP contribution is 2.33. The number of benzene rings is 2. The number of halogens is 2. The third kappa shape index (κ3) is 3.61. The lowest BCUT2D eigenvalue weighted by atomic mass is 10.0. The zero-order chi connectivity index (χ0) is 13.8. The van der Waals surface area contributed by atoms with Gasteiger partial charge >= 0.3 is 0 Å². The number of hydrogen-bond acceptors (Lipinski definition) is 2. The van der Waals surface area contributed by atoms with Gasteiger partial charge in [0.05, 0.1) is 18.2 Å². The maximum atomic E-state index is 10.4. The van der Waals surface area contributed by atoms with Crippen molar-refractivity contribution in [3.8, 4) is 5.75 Å². The molecule has 1 N–H and O–H groups in total. The molecule has 0 aliphatic rings. The number of aliphatic hydroxyl groups excluding tert-OH is 1. The van der Waals surface area contributed by atoms with Gasteiger partial charge in [0.1, 0.15) is 5.75 Å². The molecule has 0 saturated carbocycles. The Bertz CT molecular complexity index is 555. The van der Waals surface area contributed by atoms with E-state index in [1.165, 1.54) is 3.57 Å². The molecule has 2 rings (SSSR count). The summed E-state index contributed by atoms with van der Waals surface area (Å²) in [6, 6.07) is 13.4. The Labute approximate surface area is 131 Å². The van der Waals surface area contributed by atoms with E-state index < -0.39 is 6.10 Å². The molecule has 0 bridgehead atoms. The van der Waals surface area contributed by atoms with Crippen LogP contribution in [0.25, 0.3) is 0 Å². The summed E-state index contributed by atoms with van der Waals surface area (Å²) in [5, 5.41) is 10.9. The lowest BCUT2D eigenvalue weighted by molar-refractivity contribution is 0.174. The second-order valence-electron chi connectivity index (χ2n) is 4.20. The van der Waals surface area contributed by atoms with Crippen LogP contribution >= 0.6 is 34.2 Å². The molecule has 100 valence electrons. The molecule has 0 amide bonds. The third-order valence-electron chi connectivity index (χ3n) is 2.91. The predicted molar refractivity (Wildman–Crippen MR) is 85.8 cm³/mol. The Morgan fingerprint density at radius 1 is 1.21 bits per heavy atom. The van der Waals surface area contributed by atoms with Crippen LogP contribution in [0.5, 0.6) is 5.75 Å². The molecule has 2 aromatic rings. The predicted octanol–water partition coefficient (Wildman–Crippen LogP) is 4.23. The van der Waals surface area contributed by atoms with Crippen molar-refractivity contribution in [1.29, 1.82) is 0 Å². The Balaban J connectivity index is 2.24. The average molecular weight is 389 g/mol. The van der Waals surface area contributed by atoms with Crippen molar-refractivity contribution >= 4 is 34.2 Å². The van der Waals surface area contributed by atoms with Gasteiger partial charge in [-0.15, -0.1) is 0 Å². The topological polar surface area (TPSA) is 29.5 Å². The van der Waals surface area contributed by atoms with Crippen molar-refractivity contribution in [1.82, 2.24) is 0 Å². The van der Waals surface area contributed by atoms with Crippen molar-refractivity contribution in [2.75, 3.05) is 7.11 Å². The smallest absolute Gasteiger partial charge is 0.126 e. The van der Waals surface area contributed by atoms with Crippen molar-refractivity contribution in [3.05, 3.63) is 62.2 Å². The average Bonchev–Trinajstić information content (AvgIpc) is 2.40. The van der Waals surface area contributed by atoms with Crippen molar-refractivity contribution < 1.29 is 9.84 Å². The van der Waals surface area contributed by atoms with Crippen LogP contribution in [-0.2, 0) is 6.42 Å². The molecule has 0 heterocycles. The summed E-state index contributed by atoms with van der Waals surface area (Å²) in [5.41, 5.74) is 1.71. The van der Waals surface area contributed by atoms with Crippen LogP contribution < -0.4 is 4.74 Å². The molecule has 19 heavy (non-hydrogen) atoms. The molecule has 0 aromatic heterocycles. The summed E-state index contributed by atoms with van der Waals surface area (Å²) in [7, 11) is 1.58. The molecule has 0 aliphatic heterocycles. The Kier molecular flexibility index (Phi) is 5.07. The summed E-state index contributed by atoms with van der Waals surface area (Å²) >= 11 is 8.41. The molecule has 4 heteroatoms. The minimum absolute atomic E-state index is 0.511. The maximum absolute atomic E-state index is 10.4. The molecular formula is C15H14ClIO2. The fraction of sp³-hybridized carbons (Fsp3) is 0.200. The molecule has 0 spiro atoms. The van der Waals surface area contributed by atoms with Gasteiger partial charge in [0.2, 0.25) is 0 Å². The van der Waals surface area contributed by atoms with Crippen LogP contribution in [-0.4, -0.2) is 12.2 Å². The van der Waals surface area contributed by atoms with Crippen molar-refractivity contribution in [2.24, 2.45) is 0 Å². The van der Waals surface area contributed by atoms with E-state index in [2.05, 4.69) is 22.6 Å². The number of hydrogen-bond donors (Lipinski definition) is 1. The first-order valence-corrected chi connectivity index (χ1v) is 7.32. The molecular weight excluding hydrogens is 375 g/mol. The van der Waals surface area contributed by atoms with E-state index in [0.717, 1.165) is 5.56 Å². The van der Waals surface area contributed by atoms with Gasteiger partial charge in [-0.2, -0.15) is 0 Å². The highest BCUT2D eigenvalue weighted by atomic mass is 127. The van der Waals surface area contributed by atoms with E-state index in [1.54, 1.807) is 19.2 Å². The third-order valence-corrected chi connectivity index (χ3v) is 3.96. The van der Waals surface area contributed by atoms with Gasteiger partial charge in [0.15, 0.2) is 0 Å². The quantitative estimate of drug-likeness (QED) is 0.794. The second kappa shape index (κ2) is 6.59. The van der Waals surface area contributed by atoms with Crippen LogP contribution in [0.3, 0.4) is 0 Å². The molecule has 2 nitrogen and oxygen atoms in total. The Morgan fingerprint density at radius 2 is 1.89 bits per heavy atom. The van der Waals surface area contributed by atoms with Gasteiger partial charge in [0.25, 0.3) is 0 Å². The van der Waals surface area contributed by atoms with Crippen LogP contribution in [0, 0.1) is 3.57 Å². The SMILES string of the molecule is COc1cccc(Cl)c1C(O)Cc1ccc(I)cc1. The lowest BCUT2D eigenvalue weighted by Gasteiger charge is -2.16. The highest BCUT2D eigenvalue weighted by Gasteiger charge is 2.17. The van der Waals surface area contributed by atoms with Crippen LogP contribution in [0.1, 0.15) is 17.2 Å². The number of rotatable bonds is 4. The van der Waals surface area contributed by atoms with Gasteiger partial charge in [-0.3, -0.25) is 0 Å². The summed E-state index contributed by atoms with van der Waals surface area (Å²) in [4.78, 5) is 0. The summed E-state index contributed by atoms with van der Waals surface area (Å²) < 4.78 is 6.43.